The third kappa shape index (κ3) is 6.44. The summed E-state index contributed by atoms with van der Waals surface area (Å²) in [6.45, 7) is 5.39. The first-order valence-electron chi connectivity index (χ1n) is 6.21. The number of ketones is 1. The Labute approximate surface area is 119 Å². The van der Waals surface area contributed by atoms with Crippen molar-refractivity contribution in [3.8, 4) is 0 Å². The Kier molecular flexibility index (Phi) is 8.42. The summed E-state index contributed by atoms with van der Waals surface area (Å²) in [4.78, 5) is 26.6. The van der Waals surface area contributed by atoms with Crippen LogP contribution in [-0.2, 0) is 9.53 Å². The maximum atomic E-state index is 12.1. The van der Waals surface area contributed by atoms with Gasteiger partial charge in [-0.15, -0.1) is 6.58 Å². The standard InChI is InChI=1S/C13H23N3O4/c1-5-11(12(18)8-15(3)6-7-17)16(4)13(19)20-9-10(2)14/h5,11,14,17H,1,6-9H2,2-4H3/t11-/m0/s1. The number of nitrogens with zero attached hydrogens (tertiary/aromatic N) is 2. The number of carbonyl (C=O) groups excluding carboxylic acids is 2. The molecular formula is C13H23N3O4. The van der Waals surface area contributed by atoms with Crippen molar-refractivity contribution >= 4 is 17.6 Å². The van der Waals surface area contributed by atoms with Crippen molar-refractivity contribution in [1.29, 1.82) is 5.41 Å². The molecule has 7 nitrogen and oxygen atoms in total. The number of ether oxygens (including phenoxy) is 1. The van der Waals surface area contributed by atoms with Crippen molar-refractivity contribution in [2.75, 3.05) is 40.4 Å². The fraction of sp³-hybridized carbons (Fsp3) is 0.615. The first-order valence-corrected chi connectivity index (χ1v) is 6.21. The van der Waals surface area contributed by atoms with Crippen LogP contribution in [0.5, 0.6) is 0 Å². The van der Waals surface area contributed by atoms with Gasteiger partial charge < -0.3 is 15.3 Å². The number of hydrogen-bond donors (Lipinski definition) is 2. The average molecular weight is 285 g/mol. The highest BCUT2D eigenvalue weighted by molar-refractivity contribution is 5.91. The highest BCUT2D eigenvalue weighted by Crippen LogP contribution is 2.04. The topological polar surface area (TPSA) is 93.9 Å². The fourth-order valence-corrected chi connectivity index (χ4v) is 1.50. The van der Waals surface area contributed by atoms with E-state index in [1.807, 2.05) is 0 Å². The highest BCUT2D eigenvalue weighted by Gasteiger charge is 2.25. The van der Waals surface area contributed by atoms with E-state index in [-0.39, 0.29) is 31.3 Å². The van der Waals surface area contributed by atoms with Crippen molar-refractivity contribution in [2.24, 2.45) is 0 Å². The Morgan fingerprint density at radius 2 is 2.05 bits per heavy atom. The molecule has 0 saturated carbocycles. The van der Waals surface area contributed by atoms with Crippen LogP contribution in [0.15, 0.2) is 12.7 Å². The zero-order valence-electron chi connectivity index (χ0n) is 12.3. The van der Waals surface area contributed by atoms with Crippen LogP contribution in [-0.4, -0.2) is 78.9 Å². The van der Waals surface area contributed by atoms with Crippen molar-refractivity contribution in [2.45, 2.75) is 13.0 Å². The summed E-state index contributed by atoms with van der Waals surface area (Å²) in [6.07, 6.45) is 0.688. The minimum Gasteiger partial charge on any atom is -0.443 e. The van der Waals surface area contributed by atoms with Crippen LogP contribution in [0, 0.1) is 5.41 Å². The summed E-state index contributed by atoms with van der Waals surface area (Å²) >= 11 is 0. The minimum atomic E-state index is -0.797. The summed E-state index contributed by atoms with van der Waals surface area (Å²) in [7, 11) is 3.14. The molecule has 0 radical (unpaired) electrons. The van der Waals surface area contributed by atoms with E-state index in [0.29, 0.717) is 6.54 Å². The molecule has 0 aromatic carbocycles. The molecule has 7 heteroatoms. The van der Waals surface area contributed by atoms with Crippen LogP contribution in [0.2, 0.25) is 0 Å². The zero-order chi connectivity index (χ0) is 15.7. The number of hydrogen-bond acceptors (Lipinski definition) is 6. The highest BCUT2D eigenvalue weighted by atomic mass is 16.6. The van der Waals surface area contributed by atoms with E-state index < -0.39 is 12.1 Å². The third-order valence-electron chi connectivity index (χ3n) is 2.58. The van der Waals surface area contributed by atoms with Gasteiger partial charge in [0, 0.05) is 19.3 Å². The molecule has 0 bridgehead atoms. The van der Waals surface area contributed by atoms with Crippen molar-refractivity contribution in [3.05, 3.63) is 12.7 Å². The molecule has 0 rings (SSSR count). The molecular weight excluding hydrogens is 262 g/mol. The summed E-state index contributed by atoms with van der Waals surface area (Å²) in [5.74, 6) is -0.220. The van der Waals surface area contributed by atoms with E-state index in [4.69, 9.17) is 15.3 Å². The van der Waals surface area contributed by atoms with Crippen LogP contribution < -0.4 is 0 Å². The van der Waals surface area contributed by atoms with Gasteiger partial charge in [0.05, 0.1) is 13.2 Å². The lowest BCUT2D eigenvalue weighted by molar-refractivity contribution is -0.122. The van der Waals surface area contributed by atoms with E-state index >= 15 is 0 Å². The van der Waals surface area contributed by atoms with E-state index in [2.05, 4.69) is 6.58 Å². The Hall–Kier alpha value is -1.73. The first-order chi connectivity index (χ1) is 9.33. The second-order valence-corrected chi connectivity index (χ2v) is 4.55. The monoisotopic (exact) mass is 285 g/mol. The van der Waals surface area contributed by atoms with Crippen LogP contribution in [0.4, 0.5) is 4.79 Å². The summed E-state index contributed by atoms with van der Waals surface area (Å²) in [5, 5.41) is 16.0. The number of aliphatic hydroxyl groups is 1. The maximum absolute atomic E-state index is 12.1. The maximum Gasteiger partial charge on any atom is 0.410 e. The Bertz CT molecular complexity index is 371. The largest absolute Gasteiger partial charge is 0.443 e. The van der Waals surface area contributed by atoms with E-state index in [1.54, 1.807) is 11.9 Å². The van der Waals surface area contributed by atoms with Gasteiger partial charge in [0.1, 0.15) is 12.6 Å². The number of likely N-dealkylation sites (N-methyl/N-ethyl adjacent to an activating group) is 2. The smallest absolute Gasteiger partial charge is 0.410 e. The SMILES string of the molecule is C=C[C@@H](C(=O)CN(C)CCO)N(C)C(=O)OCC(C)=N. The molecule has 0 heterocycles. The molecule has 1 amide bonds. The second-order valence-electron chi connectivity index (χ2n) is 4.55. The Morgan fingerprint density at radius 3 is 2.50 bits per heavy atom. The fourth-order valence-electron chi connectivity index (χ4n) is 1.50. The number of carbonyl (C=O) groups is 2. The molecule has 0 aliphatic heterocycles. The van der Waals surface area contributed by atoms with E-state index in [9.17, 15) is 9.59 Å². The molecule has 0 saturated heterocycles. The van der Waals surface area contributed by atoms with Gasteiger partial charge in [0.15, 0.2) is 5.78 Å². The van der Waals surface area contributed by atoms with E-state index in [1.165, 1.54) is 20.0 Å². The summed E-state index contributed by atoms with van der Waals surface area (Å²) in [6, 6.07) is -0.797. The quantitative estimate of drug-likeness (QED) is 0.464. The van der Waals surface area contributed by atoms with Crippen LogP contribution in [0.3, 0.4) is 0 Å². The summed E-state index contributed by atoms with van der Waals surface area (Å²) < 4.78 is 4.86. The molecule has 0 aromatic heterocycles. The predicted octanol–water partition coefficient (Wildman–Crippen LogP) is 0.142. The Morgan fingerprint density at radius 1 is 1.45 bits per heavy atom. The number of nitrogens with one attached hydrogen (secondary N) is 1. The van der Waals surface area contributed by atoms with Crippen LogP contribution >= 0.6 is 0 Å². The van der Waals surface area contributed by atoms with Gasteiger partial charge in [0.2, 0.25) is 0 Å². The molecule has 2 N–H and O–H groups in total. The predicted molar refractivity (Wildman–Crippen MR) is 76.1 cm³/mol. The first kappa shape index (κ1) is 18.3. The van der Waals surface area contributed by atoms with Crippen LogP contribution in [0.1, 0.15) is 6.92 Å². The molecule has 0 spiro atoms. The van der Waals surface area contributed by atoms with Crippen molar-refractivity contribution < 1.29 is 19.4 Å². The van der Waals surface area contributed by atoms with Crippen molar-refractivity contribution in [3.63, 3.8) is 0 Å². The van der Waals surface area contributed by atoms with Gasteiger partial charge in [-0.05, 0) is 14.0 Å². The third-order valence-corrected chi connectivity index (χ3v) is 2.58. The molecule has 0 aliphatic rings. The number of amides is 1. The van der Waals surface area contributed by atoms with Crippen molar-refractivity contribution in [1.82, 2.24) is 9.80 Å². The van der Waals surface area contributed by atoms with Crippen LogP contribution in [0.25, 0.3) is 0 Å². The molecule has 1 atom stereocenters. The molecule has 0 aromatic rings. The van der Waals surface area contributed by atoms with Gasteiger partial charge in [-0.2, -0.15) is 0 Å². The number of aliphatic hydroxyl groups excluding tert-OH is 1. The molecule has 0 unspecified atom stereocenters. The lowest BCUT2D eigenvalue weighted by atomic mass is 10.1. The molecule has 0 aliphatic carbocycles. The van der Waals surface area contributed by atoms with Gasteiger partial charge >= 0.3 is 6.09 Å². The minimum absolute atomic E-state index is 0.0426. The Balaban J connectivity index is 4.56. The number of rotatable bonds is 9. The van der Waals surface area contributed by atoms with E-state index in [0.717, 1.165) is 4.90 Å². The summed E-state index contributed by atoms with van der Waals surface area (Å²) in [5.41, 5.74) is 0.218. The average Bonchev–Trinajstić information content (AvgIpc) is 2.36. The van der Waals surface area contributed by atoms with Gasteiger partial charge in [-0.3, -0.25) is 14.6 Å². The number of Topliss-reactive ketones (excluding diaryl/α,β-unsaturated/α-hetero) is 1. The second kappa shape index (κ2) is 9.22. The molecule has 114 valence electrons. The lowest BCUT2D eigenvalue weighted by Crippen LogP contribution is -2.45. The lowest BCUT2D eigenvalue weighted by Gasteiger charge is -2.25. The zero-order valence-corrected chi connectivity index (χ0v) is 12.3. The van der Waals surface area contributed by atoms with Gasteiger partial charge in [0.25, 0.3) is 0 Å². The van der Waals surface area contributed by atoms with Gasteiger partial charge in [-0.1, -0.05) is 6.08 Å². The molecule has 20 heavy (non-hydrogen) atoms. The van der Waals surface area contributed by atoms with Gasteiger partial charge in [-0.25, -0.2) is 4.79 Å². The normalized spacial score (nSPS) is 11.8. The molecule has 0 fully saturated rings.